The minimum Gasteiger partial charge on any atom is -0.394 e. The van der Waals surface area contributed by atoms with Crippen LogP contribution in [-0.4, -0.2) is 52.2 Å². The summed E-state index contributed by atoms with van der Waals surface area (Å²) < 4.78 is 8.20. The van der Waals surface area contributed by atoms with Crippen molar-refractivity contribution < 1.29 is 19.7 Å². The van der Waals surface area contributed by atoms with E-state index in [0.717, 1.165) is 37.0 Å². The maximum absolute atomic E-state index is 12.8. The minimum absolute atomic E-state index is 0.0832. The number of hydrogen-bond donors (Lipinski definition) is 3. The highest BCUT2D eigenvalue weighted by atomic mass is 16.5. The SMILES string of the molecule is CCC1CC2=C(CC(O)C(OCC3=CCCCC3)C2)c2cc(=O)c(C(=O)NC(C)CO)cn21. The van der Waals surface area contributed by atoms with E-state index in [0.29, 0.717) is 19.4 Å². The molecule has 33 heavy (non-hydrogen) atoms. The van der Waals surface area contributed by atoms with Crippen molar-refractivity contribution in [3.63, 3.8) is 0 Å². The highest BCUT2D eigenvalue weighted by molar-refractivity contribution is 5.94. The van der Waals surface area contributed by atoms with E-state index in [-0.39, 0.29) is 29.7 Å². The van der Waals surface area contributed by atoms with E-state index >= 15 is 0 Å². The summed E-state index contributed by atoms with van der Waals surface area (Å²) in [6.45, 7) is 4.19. The molecule has 3 N–H and O–H groups in total. The summed E-state index contributed by atoms with van der Waals surface area (Å²) in [5, 5.41) is 22.8. The molecule has 0 spiro atoms. The Labute approximate surface area is 195 Å². The van der Waals surface area contributed by atoms with E-state index in [1.54, 1.807) is 13.1 Å². The Hall–Kier alpha value is -2.22. The van der Waals surface area contributed by atoms with Gasteiger partial charge in [-0.15, -0.1) is 0 Å². The van der Waals surface area contributed by atoms with Gasteiger partial charge in [-0.2, -0.15) is 0 Å². The Morgan fingerprint density at radius 1 is 1.30 bits per heavy atom. The molecule has 0 aromatic carbocycles. The quantitative estimate of drug-likeness (QED) is 0.548. The zero-order chi connectivity index (χ0) is 23.5. The zero-order valence-corrected chi connectivity index (χ0v) is 19.7. The number of fused-ring (bicyclic) bond motifs is 2. The highest BCUT2D eigenvalue weighted by Gasteiger charge is 2.35. The van der Waals surface area contributed by atoms with Gasteiger partial charge in [-0.1, -0.05) is 18.6 Å². The van der Waals surface area contributed by atoms with Crippen molar-refractivity contribution in [3.05, 3.63) is 51.0 Å². The third-order valence-corrected chi connectivity index (χ3v) is 7.22. The largest absolute Gasteiger partial charge is 0.394 e. The molecule has 0 radical (unpaired) electrons. The normalized spacial score (nSPS) is 25.7. The van der Waals surface area contributed by atoms with E-state index in [9.17, 15) is 19.8 Å². The molecule has 3 aliphatic rings. The van der Waals surface area contributed by atoms with Gasteiger partial charge >= 0.3 is 0 Å². The number of pyridine rings is 1. The van der Waals surface area contributed by atoms with Crippen LogP contribution in [0.15, 0.2) is 34.3 Å². The summed E-state index contributed by atoms with van der Waals surface area (Å²) in [4.78, 5) is 25.4. The molecule has 1 amide bonds. The fourth-order valence-corrected chi connectivity index (χ4v) is 5.23. The van der Waals surface area contributed by atoms with Crippen molar-refractivity contribution in [2.75, 3.05) is 13.2 Å². The van der Waals surface area contributed by atoms with Crippen LogP contribution in [0.5, 0.6) is 0 Å². The Bertz CT molecular complexity index is 1010. The van der Waals surface area contributed by atoms with E-state index in [1.807, 2.05) is 4.57 Å². The molecule has 0 bridgehead atoms. The second-order valence-electron chi connectivity index (χ2n) is 9.68. The number of nitrogens with zero attached hydrogens (tertiary/aromatic N) is 1. The predicted molar refractivity (Wildman–Crippen MR) is 127 cm³/mol. The second kappa shape index (κ2) is 10.4. The molecule has 0 fully saturated rings. The first-order valence-electron chi connectivity index (χ1n) is 12.3. The van der Waals surface area contributed by atoms with Crippen LogP contribution in [-0.2, 0) is 4.74 Å². The first-order chi connectivity index (χ1) is 15.9. The van der Waals surface area contributed by atoms with Crippen LogP contribution in [0.4, 0.5) is 0 Å². The van der Waals surface area contributed by atoms with Gasteiger partial charge in [0.2, 0.25) is 0 Å². The van der Waals surface area contributed by atoms with E-state index in [4.69, 9.17) is 4.74 Å². The maximum atomic E-state index is 12.8. The Balaban J connectivity index is 1.58. The van der Waals surface area contributed by atoms with Gasteiger partial charge in [0.25, 0.3) is 5.91 Å². The molecule has 7 heteroatoms. The number of nitrogens with one attached hydrogen (secondary N) is 1. The van der Waals surface area contributed by atoms with Gasteiger partial charge in [0, 0.05) is 36.5 Å². The van der Waals surface area contributed by atoms with E-state index < -0.39 is 18.1 Å². The van der Waals surface area contributed by atoms with Crippen molar-refractivity contribution in [1.82, 2.24) is 9.88 Å². The molecule has 4 atom stereocenters. The summed E-state index contributed by atoms with van der Waals surface area (Å²) in [6.07, 6.45) is 10.5. The lowest BCUT2D eigenvalue weighted by atomic mass is 9.80. The van der Waals surface area contributed by atoms with Crippen LogP contribution < -0.4 is 10.7 Å². The third-order valence-electron chi connectivity index (χ3n) is 7.22. The smallest absolute Gasteiger partial charge is 0.257 e. The number of aliphatic hydroxyl groups is 2. The summed E-state index contributed by atoms with van der Waals surface area (Å²) in [5.74, 6) is -0.472. The zero-order valence-electron chi connectivity index (χ0n) is 19.7. The van der Waals surface area contributed by atoms with Crippen LogP contribution in [0.2, 0.25) is 0 Å². The lowest BCUT2D eigenvalue weighted by Gasteiger charge is -2.39. The fourth-order valence-electron chi connectivity index (χ4n) is 5.23. The molecule has 1 aromatic heterocycles. The number of carbonyl (C=O) groups excluding carboxylic acids is 1. The van der Waals surface area contributed by atoms with Gasteiger partial charge in [0.1, 0.15) is 5.56 Å². The molecule has 7 nitrogen and oxygen atoms in total. The van der Waals surface area contributed by atoms with Gasteiger partial charge in [-0.3, -0.25) is 9.59 Å². The van der Waals surface area contributed by atoms with E-state index in [1.165, 1.54) is 30.1 Å². The molecular weight excluding hydrogens is 420 g/mol. The summed E-state index contributed by atoms with van der Waals surface area (Å²) in [6, 6.07) is 1.25. The average Bonchev–Trinajstić information content (AvgIpc) is 2.82. The molecule has 1 aromatic rings. The Morgan fingerprint density at radius 2 is 2.12 bits per heavy atom. The fraction of sp³-hybridized carbons (Fsp3) is 0.615. The summed E-state index contributed by atoms with van der Waals surface area (Å²) >= 11 is 0. The maximum Gasteiger partial charge on any atom is 0.257 e. The predicted octanol–water partition coefficient (Wildman–Crippen LogP) is 3.11. The first-order valence-corrected chi connectivity index (χ1v) is 12.3. The van der Waals surface area contributed by atoms with Crippen molar-refractivity contribution in [3.8, 4) is 0 Å². The van der Waals surface area contributed by atoms with Gasteiger partial charge in [-0.25, -0.2) is 0 Å². The minimum atomic E-state index is -0.622. The number of aliphatic hydroxyl groups excluding tert-OH is 2. The van der Waals surface area contributed by atoms with Gasteiger partial charge < -0.3 is 24.8 Å². The Morgan fingerprint density at radius 3 is 2.82 bits per heavy atom. The molecule has 4 unspecified atom stereocenters. The molecule has 180 valence electrons. The molecular formula is C26H36N2O5. The van der Waals surface area contributed by atoms with Gasteiger partial charge in [0.15, 0.2) is 5.43 Å². The van der Waals surface area contributed by atoms with Crippen molar-refractivity contribution in [2.45, 2.75) is 89.5 Å². The number of hydrogen-bond acceptors (Lipinski definition) is 5. The first kappa shape index (κ1) is 23.9. The number of carbonyl (C=O) groups is 1. The second-order valence-corrected chi connectivity index (χ2v) is 9.68. The standard InChI is InChI=1S/C26H36N2O5/c1-3-19-9-18-10-25(33-15-17-7-5-4-6-8-17)24(31)11-20(18)22-12-23(30)21(13-28(19)22)26(32)27-16(2)14-29/h7,12-13,16,19,24-25,29,31H,3-6,8-11,14-15H2,1-2H3,(H,27,32). The van der Waals surface area contributed by atoms with Gasteiger partial charge in [0.05, 0.1) is 25.4 Å². The molecule has 0 saturated heterocycles. The van der Waals surface area contributed by atoms with Crippen molar-refractivity contribution >= 4 is 11.5 Å². The van der Waals surface area contributed by atoms with Crippen LogP contribution in [0.1, 0.15) is 87.3 Å². The number of rotatable bonds is 7. The molecule has 0 saturated carbocycles. The van der Waals surface area contributed by atoms with Crippen LogP contribution in [0.25, 0.3) is 5.57 Å². The molecule has 1 aliphatic heterocycles. The van der Waals surface area contributed by atoms with Crippen LogP contribution in [0.3, 0.4) is 0 Å². The lowest BCUT2D eigenvalue weighted by Crippen LogP contribution is -2.39. The van der Waals surface area contributed by atoms with E-state index in [2.05, 4.69) is 18.3 Å². The summed E-state index contributed by atoms with van der Waals surface area (Å²) in [5.41, 5.74) is 4.13. The van der Waals surface area contributed by atoms with Gasteiger partial charge in [-0.05, 0) is 63.0 Å². The Kier molecular flexibility index (Phi) is 7.51. The van der Waals surface area contributed by atoms with Crippen molar-refractivity contribution in [2.24, 2.45) is 0 Å². The van der Waals surface area contributed by atoms with Crippen LogP contribution >= 0.6 is 0 Å². The third kappa shape index (κ3) is 5.15. The molecule has 2 heterocycles. The topological polar surface area (TPSA) is 101 Å². The number of ether oxygens (including phenoxy) is 1. The number of amides is 1. The van der Waals surface area contributed by atoms with Crippen molar-refractivity contribution in [1.29, 1.82) is 0 Å². The average molecular weight is 457 g/mol. The number of aromatic nitrogens is 1. The number of allylic oxidation sites excluding steroid dienone is 1. The monoisotopic (exact) mass is 456 g/mol. The lowest BCUT2D eigenvalue weighted by molar-refractivity contribution is -0.0310. The molecule has 4 rings (SSSR count). The van der Waals surface area contributed by atoms with Crippen LogP contribution in [0, 0.1) is 0 Å². The summed E-state index contributed by atoms with van der Waals surface area (Å²) in [7, 11) is 0. The highest BCUT2D eigenvalue weighted by Crippen LogP contribution is 2.43. The molecule has 2 aliphatic carbocycles.